The smallest absolute Gasteiger partial charge is 0.234 e. The zero-order valence-electron chi connectivity index (χ0n) is 19.0. The number of carbonyl (C=O) groups excluding carboxylic acids is 1. The van der Waals surface area contributed by atoms with E-state index in [1.54, 1.807) is 11.3 Å². The maximum absolute atomic E-state index is 12.6. The molecule has 34 heavy (non-hydrogen) atoms. The predicted molar refractivity (Wildman–Crippen MR) is 139 cm³/mol. The lowest BCUT2D eigenvalue weighted by atomic mass is 10.2. The van der Waals surface area contributed by atoms with Gasteiger partial charge >= 0.3 is 0 Å². The number of aromatic nitrogens is 2. The number of nitrogens with zero attached hydrogens (tertiary/aromatic N) is 3. The third-order valence-corrected chi connectivity index (χ3v) is 7.68. The van der Waals surface area contributed by atoms with E-state index < -0.39 is 0 Å². The maximum atomic E-state index is 12.6. The number of thioether (sulfide) groups is 1. The van der Waals surface area contributed by atoms with Gasteiger partial charge in [-0.1, -0.05) is 54.2 Å². The van der Waals surface area contributed by atoms with Crippen LogP contribution in [-0.4, -0.2) is 52.8 Å². The van der Waals surface area contributed by atoms with Crippen molar-refractivity contribution in [3.63, 3.8) is 0 Å². The molecule has 8 heteroatoms. The molecule has 174 valence electrons. The number of amides is 1. The van der Waals surface area contributed by atoms with Crippen molar-refractivity contribution in [2.24, 2.45) is 0 Å². The van der Waals surface area contributed by atoms with Crippen molar-refractivity contribution < 1.29 is 9.53 Å². The highest BCUT2D eigenvalue weighted by molar-refractivity contribution is 8.00. The maximum Gasteiger partial charge on any atom is 0.234 e. The number of fused-ring (bicyclic) bond motifs is 1. The number of anilines is 1. The molecule has 0 aliphatic carbocycles. The first kappa shape index (κ1) is 23.0. The van der Waals surface area contributed by atoms with Crippen LogP contribution >= 0.6 is 23.1 Å². The van der Waals surface area contributed by atoms with E-state index in [-0.39, 0.29) is 11.7 Å². The van der Waals surface area contributed by atoms with Crippen LogP contribution in [0, 0.1) is 6.92 Å². The van der Waals surface area contributed by atoms with Crippen molar-refractivity contribution in [3.05, 3.63) is 72.1 Å². The van der Waals surface area contributed by atoms with Gasteiger partial charge in [0.15, 0.2) is 0 Å². The highest BCUT2D eigenvalue weighted by Gasteiger charge is 2.14. The van der Waals surface area contributed by atoms with Crippen LogP contribution in [0.25, 0.3) is 20.7 Å². The fourth-order valence-electron chi connectivity index (χ4n) is 3.89. The molecule has 0 bridgehead atoms. The summed E-state index contributed by atoms with van der Waals surface area (Å²) in [7, 11) is 0. The second-order valence-electron chi connectivity index (χ2n) is 8.19. The minimum atomic E-state index is -0.0474. The second-order valence-corrected chi connectivity index (χ2v) is 10.2. The number of hydrogen-bond acceptors (Lipinski definition) is 7. The number of nitrogens with one attached hydrogen (secondary N) is 1. The Morgan fingerprint density at radius 3 is 2.62 bits per heavy atom. The summed E-state index contributed by atoms with van der Waals surface area (Å²) in [4.78, 5) is 26.4. The number of morpholine rings is 1. The molecule has 0 unspecified atom stereocenters. The Bertz CT molecular complexity index is 1270. The van der Waals surface area contributed by atoms with Crippen LogP contribution in [0.15, 0.2) is 65.7 Å². The third kappa shape index (κ3) is 5.64. The molecular weight excluding hydrogens is 464 g/mol. The van der Waals surface area contributed by atoms with Crippen molar-refractivity contribution >= 4 is 44.9 Å². The topological polar surface area (TPSA) is 67.4 Å². The van der Waals surface area contributed by atoms with Gasteiger partial charge in [0.1, 0.15) is 15.7 Å². The van der Waals surface area contributed by atoms with Crippen molar-refractivity contribution in [1.82, 2.24) is 14.9 Å². The highest BCUT2D eigenvalue weighted by Crippen LogP contribution is 2.36. The number of ether oxygens (including phenoxy) is 1. The van der Waals surface area contributed by atoms with Gasteiger partial charge in [-0.2, -0.15) is 0 Å². The lowest BCUT2D eigenvalue weighted by molar-refractivity contribution is -0.113. The molecule has 6 nitrogen and oxygen atoms in total. The van der Waals surface area contributed by atoms with E-state index in [4.69, 9.17) is 4.74 Å². The summed E-state index contributed by atoms with van der Waals surface area (Å²) in [5.41, 5.74) is 3.20. The number of rotatable bonds is 7. The molecule has 2 aromatic heterocycles. The third-order valence-electron chi connectivity index (χ3n) is 5.62. The first-order valence-electron chi connectivity index (χ1n) is 11.3. The summed E-state index contributed by atoms with van der Waals surface area (Å²) < 4.78 is 5.41. The number of carbonyl (C=O) groups is 1. The Morgan fingerprint density at radius 1 is 1.09 bits per heavy atom. The molecule has 0 saturated carbocycles. The standard InChI is InChI=1S/C26H26N4O2S2/c1-18-27-25(22-15-23(34-26(22)28-18)20-5-3-2-4-6-20)33-17-24(31)29-21-9-7-19(8-10-21)16-30-11-13-32-14-12-30/h2-10,15H,11-14,16-17H2,1H3,(H,29,31). The molecule has 0 atom stereocenters. The average Bonchev–Trinajstić information content (AvgIpc) is 3.29. The molecule has 1 aliphatic rings. The minimum absolute atomic E-state index is 0.0474. The monoisotopic (exact) mass is 490 g/mol. The Morgan fingerprint density at radius 2 is 1.85 bits per heavy atom. The number of hydrogen-bond donors (Lipinski definition) is 1. The zero-order valence-corrected chi connectivity index (χ0v) is 20.6. The molecule has 0 spiro atoms. The lowest BCUT2D eigenvalue weighted by Gasteiger charge is -2.26. The fourth-order valence-corrected chi connectivity index (χ4v) is 5.89. The summed E-state index contributed by atoms with van der Waals surface area (Å²) in [6.07, 6.45) is 0. The largest absolute Gasteiger partial charge is 0.379 e. The summed E-state index contributed by atoms with van der Waals surface area (Å²) in [6.45, 7) is 6.31. The highest BCUT2D eigenvalue weighted by atomic mass is 32.2. The predicted octanol–water partition coefficient (Wildman–Crippen LogP) is 5.23. The molecule has 0 radical (unpaired) electrons. The SMILES string of the molecule is Cc1nc(SCC(=O)Nc2ccc(CN3CCOCC3)cc2)c2cc(-c3ccccc3)sc2n1. The number of thiophene rings is 1. The first-order chi connectivity index (χ1) is 16.6. The molecule has 1 N–H and O–H groups in total. The van der Waals surface area contributed by atoms with Crippen LogP contribution in [0.4, 0.5) is 5.69 Å². The van der Waals surface area contributed by atoms with E-state index in [0.717, 1.165) is 64.2 Å². The molecule has 5 rings (SSSR count). The summed E-state index contributed by atoms with van der Waals surface area (Å²) in [5, 5.41) is 4.85. The van der Waals surface area contributed by atoms with Gasteiger partial charge in [-0.3, -0.25) is 9.69 Å². The number of benzene rings is 2. The van der Waals surface area contributed by atoms with Crippen molar-refractivity contribution in [3.8, 4) is 10.4 Å². The molecule has 2 aromatic carbocycles. The lowest BCUT2D eigenvalue weighted by Crippen LogP contribution is -2.35. The van der Waals surface area contributed by atoms with E-state index in [2.05, 4.69) is 50.5 Å². The van der Waals surface area contributed by atoms with Crippen LogP contribution in [0.1, 0.15) is 11.4 Å². The van der Waals surface area contributed by atoms with Gasteiger partial charge in [0.25, 0.3) is 0 Å². The molecule has 4 aromatic rings. The van der Waals surface area contributed by atoms with Gasteiger partial charge in [0.05, 0.1) is 19.0 Å². The first-order valence-corrected chi connectivity index (χ1v) is 13.1. The Hall–Kier alpha value is -2.78. The minimum Gasteiger partial charge on any atom is -0.379 e. The quantitative estimate of drug-likeness (QED) is 0.283. The molecule has 1 fully saturated rings. The van der Waals surface area contributed by atoms with E-state index >= 15 is 0 Å². The Kier molecular flexibility index (Phi) is 7.20. The van der Waals surface area contributed by atoms with Gasteiger partial charge < -0.3 is 10.1 Å². The van der Waals surface area contributed by atoms with Crippen molar-refractivity contribution in [2.45, 2.75) is 18.5 Å². The van der Waals surface area contributed by atoms with Crippen LogP contribution in [0.3, 0.4) is 0 Å². The summed E-state index contributed by atoms with van der Waals surface area (Å²) in [6, 6.07) is 20.5. The summed E-state index contributed by atoms with van der Waals surface area (Å²) in [5.74, 6) is 0.957. The number of aryl methyl sites for hydroxylation is 1. The molecule has 1 saturated heterocycles. The zero-order chi connectivity index (χ0) is 23.3. The summed E-state index contributed by atoms with van der Waals surface area (Å²) >= 11 is 3.11. The molecular formula is C26H26N4O2S2. The van der Waals surface area contributed by atoms with Gasteiger partial charge in [0.2, 0.25) is 5.91 Å². The van der Waals surface area contributed by atoms with E-state index in [1.807, 2.05) is 37.3 Å². The van der Waals surface area contributed by atoms with Crippen molar-refractivity contribution in [1.29, 1.82) is 0 Å². The van der Waals surface area contributed by atoms with E-state index in [9.17, 15) is 4.79 Å². The van der Waals surface area contributed by atoms with Gasteiger partial charge in [0, 0.05) is 35.6 Å². The van der Waals surface area contributed by atoms with E-state index in [1.165, 1.54) is 17.3 Å². The molecule has 1 aliphatic heterocycles. The van der Waals surface area contributed by atoms with E-state index in [0.29, 0.717) is 5.82 Å². The average molecular weight is 491 g/mol. The fraction of sp³-hybridized carbons (Fsp3) is 0.269. The Labute approximate surface area is 207 Å². The van der Waals surface area contributed by atoms with Crippen LogP contribution < -0.4 is 5.32 Å². The Balaban J connectivity index is 1.22. The van der Waals surface area contributed by atoms with Crippen LogP contribution in [0.2, 0.25) is 0 Å². The molecule has 1 amide bonds. The van der Waals surface area contributed by atoms with Gasteiger partial charge in [-0.25, -0.2) is 9.97 Å². The van der Waals surface area contributed by atoms with Crippen molar-refractivity contribution in [2.75, 3.05) is 37.4 Å². The van der Waals surface area contributed by atoms with Crippen LogP contribution in [-0.2, 0) is 16.1 Å². The van der Waals surface area contributed by atoms with Crippen LogP contribution in [0.5, 0.6) is 0 Å². The normalized spacial score (nSPS) is 14.4. The van der Waals surface area contributed by atoms with Gasteiger partial charge in [-0.05, 0) is 36.2 Å². The molecule has 3 heterocycles. The second kappa shape index (κ2) is 10.7. The van der Waals surface area contributed by atoms with Gasteiger partial charge in [-0.15, -0.1) is 11.3 Å².